The van der Waals surface area contributed by atoms with Crippen LogP contribution < -0.4 is 5.84 Å². The summed E-state index contributed by atoms with van der Waals surface area (Å²) in [5.74, 6) is 11.0. The molecule has 1 saturated heterocycles. The molecular weight excluding hydrogens is 192 g/mol. The van der Waals surface area contributed by atoms with Crippen molar-refractivity contribution in [3.05, 3.63) is 0 Å². The first-order valence-corrected chi connectivity index (χ1v) is 5.17. The van der Waals surface area contributed by atoms with Gasteiger partial charge in [0.2, 0.25) is 5.78 Å². The highest BCUT2D eigenvalue weighted by atomic mass is 16.5. The summed E-state index contributed by atoms with van der Waals surface area (Å²) in [6.45, 7) is 4.29. The molecule has 0 radical (unpaired) electrons. The fourth-order valence-corrected chi connectivity index (χ4v) is 1.39. The van der Waals surface area contributed by atoms with Gasteiger partial charge in [-0.05, 0) is 18.3 Å². The Labute approximate surface area is 90.7 Å². The van der Waals surface area contributed by atoms with Crippen LogP contribution >= 0.6 is 0 Å². The number of hydrogen-bond acceptors (Lipinski definition) is 4. The van der Waals surface area contributed by atoms with Gasteiger partial charge in [0.25, 0.3) is 0 Å². The smallest absolute Gasteiger partial charge is 0.208 e. The first-order valence-electron chi connectivity index (χ1n) is 5.17. The van der Waals surface area contributed by atoms with Crippen LogP contribution in [-0.2, 0) is 9.53 Å². The van der Waals surface area contributed by atoms with E-state index in [1.807, 2.05) is 13.8 Å². The molecule has 4 nitrogen and oxygen atoms in total. The number of ketones is 1. The highest BCUT2D eigenvalue weighted by Crippen LogP contribution is 2.25. The number of hydrazine groups is 1. The summed E-state index contributed by atoms with van der Waals surface area (Å²) in [6.07, 6.45) is 1.67. The van der Waals surface area contributed by atoms with Crippen molar-refractivity contribution in [2.75, 3.05) is 13.7 Å². The Morgan fingerprint density at radius 2 is 2.27 bits per heavy atom. The van der Waals surface area contributed by atoms with Crippen LogP contribution in [0.1, 0.15) is 26.7 Å². The molecule has 0 aromatic carbocycles. The molecule has 0 saturated carbocycles. The molecule has 0 bridgehead atoms. The number of carbonyl (C=O) groups excluding carboxylic acids is 1. The summed E-state index contributed by atoms with van der Waals surface area (Å²) < 4.78 is 5.51. The van der Waals surface area contributed by atoms with Crippen LogP contribution in [0.5, 0.6) is 0 Å². The molecule has 4 heteroatoms. The number of rotatable bonds is 2. The van der Waals surface area contributed by atoms with E-state index in [4.69, 9.17) is 10.6 Å². The van der Waals surface area contributed by atoms with Gasteiger partial charge in [-0.2, -0.15) is 0 Å². The Balaban J connectivity index is 2.79. The SMILES string of the molecule is CC(C)C(=O)C#CC1(N(C)N)CCCO1. The Bertz CT molecular complexity index is 293. The van der Waals surface area contributed by atoms with Crippen LogP contribution in [0.15, 0.2) is 0 Å². The summed E-state index contributed by atoms with van der Waals surface area (Å²) in [6, 6.07) is 0. The van der Waals surface area contributed by atoms with Gasteiger partial charge in [0.1, 0.15) is 0 Å². The molecule has 0 aromatic heterocycles. The molecule has 1 aliphatic heterocycles. The third-order valence-electron chi connectivity index (χ3n) is 2.48. The monoisotopic (exact) mass is 210 g/mol. The minimum Gasteiger partial charge on any atom is -0.348 e. The Hall–Kier alpha value is -0.890. The molecule has 15 heavy (non-hydrogen) atoms. The number of carbonyl (C=O) groups is 1. The van der Waals surface area contributed by atoms with E-state index in [1.54, 1.807) is 7.05 Å². The zero-order valence-electron chi connectivity index (χ0n) is 9.54. The van der Waals surface area contributed by atoms with E-state index in [-0.39, 0.29) is 11.7 Å². The van der Waals surface area contributed by atoms with Crippen LogP contribution in [-0.4, -0.2) is 30.2 Å². The van der Waals surface area contributed by atoms with Crippen LogP contribution in [0, 0.1) is 17.8 Å². The maximum Gasteiger partial charge on any atom is 0.208 e. The van der Waals surface area contributed by atoms with E-state index in [2.05, 4.69) is 11.8 Å². The third-order valence-corrected chi connectivity index (χ3v) is 2.48. The van der Waals surface area contributed by atoms with E-state index in [1.165, 1.54) is 5.01 Å². The maximum atomic E-state index is 11.4. The molecule has 2 N–H and O–H groups in total. The Kier molecular flexibility index (Phi) is 3.86. The zero-order chi connectivity index (χ0) is 11.5. The molecule has 1 aliphatic rings. The van der Waals surface area contributed by atoms with Crippen molar-refractivity contribution >= 4 is 5.78 Å². The molecule has 0 aliphatic carbocycles. The lowest BCUT2D eigenvalue weighted by atomic mass is 10.1. The summed E-state index contributed by atoms with van der Waals surface area (Å²) in [7, 11) is 1.71. The van der Waals surface area contributed by atoms with E-state index in [0.29, 0.717) is 6.61 Å². The first-order chi connectivity index (χ1) is 6.98. The number of nitrogens with zero attached hydrogens (tertiary/aromatic N) is 1. The minimum atomic E-state index is -0.759. The Morgan fingerprint density at radius 1 is 1.60 bits per heavy atom. The van der Waals surface area contributed by atoms with Crippen molar-refractivity contribution in [2.24, 2.45) is 11.8 Å². The van der Waals surface area contributed by atoms with Crippen LogP contribution in [0.3, 0.4) is 0 Å². The molecular formula is C11H18N2O2. The first kappa shape index (κ1) is 12.2. The van der Waals surface area contributed by atoms with Gasteiger partial charge in [0.05, 0.1) is 6.61 Å². The third kappa shape index (κ3) is 2.78. The van der Waals surface area contributed by atoms with E-state index in [9.17, 15) is 4.79 Å². The van der Waals surface area contributed by atoms with Crippen molar-refractivity contribution in [1.29, 1.82) is 0 Å². The predicted octanol–water partition coefficient (Wildman–Crippen LogP) is 0.527. The summed E-state index contributed by atoms with van der Waals surface area (Å²) >= 11 is 0. The average Bonchev–Trinajstić information content (AvgIpc) is 2.63. The standard InChI is InChI=1S/C11H18N2O2/c1-9(2)10(14)5-7-11(13(3)12)6-4-8-15-11/h9H,4,6,8,12H2,1-3H3. The fourth-order valence-electron chi connectivity index (χ4n) is 1.39. The van der Waals surface area contributed by atoms with Gasteiger partial charge in [-0.1, -0.05) is 13.8 Å². The lowest BCUT2D eigenvalue weighted by molar-refractivity contribution is -0.116. The van der Waals surface area contributed by atoms with E-state index < -0.39 is 5.72 Å². The predicted molar refractivity (Wildman–Crippen MR) is 57.5 cm³/mol. The van der Waals surface area contributed by atoms with Crippen molar-refractivity contribution < 1.29 is 9.53 Å². The largest absolute Gasteiger partial charge is 0.348 e. The minimum absolute atomic E-state index is 0.0703. The molecule has 0 amide bonds. The van der Waals surface area contributed by atoms with Crippen molar-refractivity contribution in [2.45, 2.75) is 32.4 Å². The van der Waals surface area contributed by atoms with Gasteiger partial charge in [-0.25, -0.2) is 5.01 Å². The summed E-state index contributed by atoms with van der Waals surface area (Å²) in [5, 5.41) is 1.45. The molecule has 1 rings (SSSR count). The average molecular weight is 210 g/mol. The lowest BCUT2D eigenvalue weighted by Crippen LogP contribution is -2.49. The maximum absolute atomic E-state index is 11.4. The van der Waals surface area contributed by atoms with Gasteiger partial charge >= 0.3 is 0 Å². The quantitative estimate of drug-likeness (QED) is 0.312. The molecule has 0 spiro atoms. The number of hydrogen-bond donors (Lipinski definition) is 1. The van der Waals surface area contributed by atoms with Crippen molar-refractivity contribution in [3.8, 4) is 11.8 Å². The summed E-state index contributed by atoms with van der Waals surface area (Å²) in [5.41, 5.74) is -0.759. The van der Waals surface area contributed by atoms with Crippen molar-refractivity contribution in [3.63, 3.8) is 0 Å². The normalized spacial score (nSPS) is 25.5. The van der Waals surface area contributed by atoms with E-state index >= 15 is 0 Å². The van der Waals surface area contributed by atoms with Crippen molar-refractivity contribution in [1.82, 2.24) is 5.01 Å². The molecule has 1 unspecified atom stereocenters. The van der Waals surface area contributed by atoms with Gasteiger partial charge in [-0.3, -0.25) is 10.6 Å². The second-order valence-electron chi connectivity index (χ2n) is 4.12. The van der Waals surface area contributed by atoms with Crippen LogP contribution in [0.25, 0.3) is 0 Å². The molecule has 0 aromatic rings. The number of Topliss-reactive ketones (excluding diaryl/α,β-unsaturated/α-hetero) is 1. The van der Waals surface area contributed by atoms with E-state index in [0.717, 1.165) is 12.8 Å². The van der Waals surface area contributed by atoms with Crippen LogP contribution in [0.2, 0.25) is 0 Å². The number of nitrogens with two attached hydrogens (primary N) is 1. The zero-order valence-corrected chi connectivity index (χ0v) is 9.54. The van der Waals surface area contributed by atoms with Crippen LogP contribution in [0.4, 0.5) is 0 Å². The highest BCUT2D eigenvalue weighted by Gasteiger charge is 2.36. The second kappa shape index (κ2) is 4.75. The lowest BCUT2D eigenvalue weighted by Gasteiger charge is -2.28. The Morgan fingerprint density at radius 3 is 2.67 bits per heavy atom. The van der Waals surface area contributed by atoms with Gasteiger partial charge < -0.3 is 4.74 Å². The summed E-state index contributed by atoms with van der Waals surface area (Å²) in [4.78, 5) is 11.4. The van der Waals surface area contributed by atoms with Gasteiger partial charge in [0.15, 0.2) is 5.72 Å². The fraction of sp³-hybridized carbons (Fsp3) is 0.727. The molecule has 1 heterocycles. The van der Waals surface area contributed by atoms with Gasteiger partial charge in [-0.15, -0.1) is 0 Å². The molecule has 84 valence electrons. The number of ether oxygens (including phenoxy) is 1. The highest BCUT2D eigenvalue weighted by molar-refractivity contribution is 5.96. The topological polar surface area (TPSA) is 55.6 Å². The second-order valence-corrected chi connectivity index (χ2v) is 4.12. The molecule has 1 fully saturated rings. The van der Waals surface area contributed by atoms with Gasteiger partial charge in [0, 0.05) is 19.4 Å². The molecule has 1 atom stereocenters.